The molecule has 0 radical (unpaired) electrons. The minimum Gasteiger partial charge on any atom is -0.308 e. The topological polar surface area (TPSA) is 40.6 Å². The van der Waals surface area contributed by atoms with Crippen LogP contribution in [0.2, 0.25) is 0 Å². The molecule has 0 N–H and O–H groups in total. The smallest absolute Gasteiger partial charge is 0.108 e. The minimum absolute atomic E-state index is 0.528. The maximum Gasteiger partial charge on any atom is 0.108 e. The van der Waals surface area contributed by atoms with Gasteiger partial charge in [0.05, 0.1) is 27.5 Å². The quantitative estimate of drug-likeness (QED) is 0.144. The lowest BCUT2D eigenvalue weighted by molar-refractivity contribution is 0.744. The number of imidazole rings is 2. The van der Waals surface area contributed by atoms with Crippen LogP contribution in [0.4, 0.5) is 0 Å². The van der Waals surface area contributed by atoms with Crippen molar-refractivity contribution >= 4 is 53.7 Å². The van der Waals surface area contributed by atoms with E-state index in [9.17, 15) is 0 Å². The molecule has 288 valence electrons. The number of nitrogens with zero attached hydrogens (tertiary/aromatic N) is 5. The van der Waals surface area contributed by atoms with Gasteiger partial charge in [-0.25, -0.2) is 9.97 Å². The highest BCUT2D eigenvalue weighted by Gasteiger charge is 2.38. The first-order valence-electron chi connectivity index (χ1n) is 20.5. The Morgan fingerprint density at radius 1 is 0.393 bits per heavy atom. The third-order valence-corrected chi connectivity index (χ3v) is 13.5. The molecule has 4 aromatic heterocycles. The van der Waals surface area contributed by atoms with Gasteiger partial charge in [0, 0.05) is 38.7 Å². The Morgan fingerprint density at radius 3 is 1.61 bits per heavy atom. The highest BCUT2D eigenvalue weighted by Crippen LogP contribution is 2.47. The van der Waals surface area contributed by atoms with E-state index < -0.39 is 5.41 Å². The van der Waals surface area contributed by atoms with Crippen LogP contribution in [0, 0.1) is 0 Å². The third-order valence-electron chi connectivity index (χ3n) is 12.2. The third kappa shape index (κ3) is 5.60. The molecule has 12 aromatic rings. The highest BCUT2D eigenvalue weighted by molar-refractivity contribution is 7.26. The molecule has 8 aromatic carbocycles. The number of rotatable bonds is 8. The summed E-state index contributed by atoms with van der Waals surface area (Å²) < 4.78 is 7.96. The average Bonchev–Trinajstić information content (AvgIpc) is 4.14. The summed E-state index contributed by atoms with van der Waals surface area (Å²) in [6.07, 6.45) is 6.05. The van der Waals surface area contributed by atoms with Crippen LogP contribution >= 0.6 is 11.3 Å². The number of hydrogen-bond acceptors (Lipinski definition) is 3. The molecule has 0 unspecified atom stereocenters. The number of para-hydroxylation sites is 1. The zero-order chi connectivity index (χ0) is 40.3. The average molecular weight is 800 g/mol. The molecule has 0 saturated carbocycles. The number of thiophene rings is 1. The summed E-state index contributed by atoms with van der Waals surface area (Å²) >= 11 is 1.85. The summed E-state index contributed by atoms with van der Waals surface area (Å²) in [5.74, 6) is 0. The summed E-state index contributed by atoms with van der Waals surface area (Å²) in [5, 5.41) is 2.51. The van der Waals surface area contributed by atoms with Gasteiger partial charge in [0.2, 0.25) is 0 Å². The molecular weight excluding hydrogens is 763 g/mol. The van der Waals surface area contributed by atoms with Crippen LogP contribution in [-0.2, 0) is 5.41 Å². The Bertz CT molecular complexity index is 3430. The van der Waals surface area contributed by atoms with Crippen LogP contribution in [0.25, 0.3) is 70.6 Å². The van der Waals surface area contributed by atoms with Crippen molar-refractivity contribution in [3.05, 3.63) is 247 Å². The number of benzene rings is 8. The summed E-state index contributed by atoms with van der Waals surface area (Å²) in [6, 6.07) is 74.3. The van der Waals surface area contributed by atoms with Gasteiger partial charge in [0.25, 0.3) is 0 Å². The maximum absolute atomic E-state index is 4.83. The molecule has 12 rings (SSSR count). The fraction of sp³-hybridized carbons (Fsp3) is 0.0182. The zero-order valence-corrected chi connectivity index (χ0v) is 33.8. The van der Waals surface area contributed by atoms with E-state index in [0.29, 0.717) is 0 Å². The Balaban J connectivity index is 0.979. The molecule has 6 heteroatoms. The predicted octanol–water partition coefficient (Wildman–Crippen LogP) is 13.6. The van der Waals surface area contributed by atoms with E-state index in [-0.39, 0.29) is 0 Å². The standard InChI is InChI=1S/C55H37N5S/c1-5-15-39(16-6-1)55(40-17-7-2-8-18-40,41-19-9-3-10-20-41)42-21-13-24-44(34-42)58-32-31-48-47-26-14-25-46(53(47)61-54(48)58)38-27-29-49-51(33-38)60(37-57-49)45-28-30-50-52(35-45)59(36-56-50)43-22-11-4-12-23-43/h1-37H. The van der Waals surface area contributed by atoms with Crippen molar-refractivity contribution in [3.63, 3.8) is 0 Å². The molecule has 0 saturated heterocycles. The second-order valence-corrected chi connectivity index (χ2v) is 16.5. The molecular formula is C55H37N5S. The van der Waals surface area contributed by atoms with Gasteiger partial charge in [0.15, 0.2) is 0 Å². The number of hydrogen-bond donors (Lipinski definition) is 0. The van der Waals surface area contributed by atoms with E-state index in [1.165, 1.54) is 48.1 Å². The van der Waals surface area contributed by atoms with Gasteiger partial charge < -0.3 is 4.57 Å². The van der Waals surface area contributed by atoms with Gasteiger partial charge in [-0.05, 0) is 94.0 Å². The predicted molar refractivity (Wildman–Crippen MR) is 252 cm³/mol. The summed E-state index contributed by atoms with van der Waals surface area (Å²) in [7, 11) is 0. The van der Waals surface area contributed by atoms with Crippen molar-refractivity contribution in [1.82, 2.24) is 23.7 Å². The molecule has 0 aliphatic heterocycles. The van der Waals surface area contributed by atoms with Crippen molar-refractivity contribution in [1.29, 1.82) is 0 Å². The van der Waals surface area contributed by atoms with Crippen molar-refractivity contribution in [3.8, 4) is 28.2 Å². The lowest BCUT2D eigenvalue weighted by Crippen LogP contribution is -2.31. The first-order valence-corrected chi connectivity index (χ1v) is 21.4. The Labute approximate surface area is 356 Å². The van der Waals surface area contributed by atoms with Crippen LogP contribution in [0.1, 0.15) is 22.3 Å². The van der Waals surface area contributed by atoms with Gasteiger partial charge in [-0.3, -0.25) is 9.13 Å². The Hall–Kier alpha value is -7.80. The second-order valence-electron chi connectivity index (χ2n) is 15.5. The minimum atomic E-state index is -0.528. The SMILES string of the molecule is c1ccc(-n2cnc3ccc(-n4cnc5ccc(-c6cccc7c6sc6c7ccn6-c6cccc(C(c7ccccc7)(c7ccccc7)c7ccccc7)c6)cc54)cc32)cc1. The normalized spacial score (nSPS) is 11.9. The Kier molecular flexibility index (Phi) is 8.18. The molecule has 61 heavy (non-hydrogen) atoms. The molecule has 0 amide bonds. The summed E-state index contributed by atoms with van der Waals surface area (Å²) in [5.41, 5.74) is 14.0. The van der Waals surface area contributed by atoms with Gasteiger partial charge in [-0.15, -0.1) is 11.3 Å². The van der Waals surface area contributed by atoms with Gasteiger partial charge in [0.1, 0.15) is 17.5 Å². The van der Waals surface area contributed by atoms with E-state index in [0.717, 1.165) is 44.7 Å². The molecule has 0 aliphatic carbocycles. The lowest BCUT2D eigenvalue weighted by Gasteiger charge is -2.37. The molecule has 0 atom stereocenters. The van der Waals surface area contributed by atoms with E-state index in [4.69, 9.17) is 9.97 Å². The van der Waals surface area contributed by atoms with Crippen molar-refractivity contribution in [2.75, 3.05) is 0 Å². The van der Waals surface area contributed by atoms with E-state index >= 15 is 0 Å². The van der Waals surface area contributed by atoms with Crippen LogP contribution in [-0.4, -0.2) is 23.7 Å². The van der Waals surface area contributed by atoms with Gasteiger partial charge in [-0.2, -0.15) is 0 Å². The molecule has 0 fully saturated rings. The first kappa shape index (κ1) is 35.2. The van der Waals surface area contributed by atoms with E-state index in [1.54, 1.807) is 0 Å². The number of aromatic nitrogens is 5. The maximum atomic E-state index is 4.83. The summed E-state index contributed by atoms with van der Waals surface area (Å²) in [6.45, 7) is 0. The first-order chi connectivity index (χ1) is 30.2. The van der Waals surface area contributed by atoms with E-state index in [1.807, 2.05) is 30.1 Å². The van der Waals surface area contributed by atoms with Crippen molar-refractivity contribution in [2.24, 2.45) is 0 Å². The molecule has 0 spiro atoms. The highest BCUT2D eigenvalue weighted by atomic mass is 32.1. The fourth-order valence-electron chi connectivity index (χ4n) is 9.39. The van der Waals surface area contributed by atoms with Gasteiger partial charge >= 0.3 is 0 Å². The van der Waals surface area contributed by atoms with Crippen molar-refractivity contribution < 1.29 is 0 Å². The van der Waals surface area contributed by atoms with Gasteiger partial charge in [-0.1, -0.05) is 146 Å². The lowest BCUT2D eigenvalue weighted by atomic mass is 9.65. The molecule has 4 heterocycles. The largest absolute Gasteiger partial charge is 0.308 e. The van der Waals surface area contributed by atoms with Crippen LogP contribution in [0.15, 0.2) is 225 Å². The van der Waals surface area contributed by atoms with E-state index in [2.05, 4.69) is 220 Å². The van der Waals surface area contributed by atoms with Crippen LogP contribution in [0.5, 0.6) is 0 Å². The molecule has 0 bridgehead atoms. The zero-order valence-electron chi connectivity index (χ0n) is 33.0. The molecule has 0 aliphatic rings. The fourth-order valence-corrected chi connectivity index (χ4v) is 10.7. The summed E-state index contributed by atoms with van der Waals surface area (Å²) in [4.78, 5) is 10.7. The van der Waals surface area contributed by atoms with Crippen LogP contribution < -0.4 is 0 Å². The van der Waals surface area contributed by atoms with Crippen molar-refractivity contribution in [2.45, 2.75) is 5.41 Å². The molecule has 5 nitrogen and oxygen atoms in total. The second kappa shape index (κ2) is 14.2. The monoisotopic (exact) mass is 799 g/mol. The Morgan fingerprint density at radius 2 is 0.934 bits per heavy atom. The van der Waals surface area contributed by atoms with Crippen LogP contribution in [0.3, 0.4) is 0 Å². The number of fused-ring (bicyclic) bond motifs is 5.